The van der Waals surface area contributed by atoms with Crippen LogP contribution in [-0.4, -0.2) is 5.91 Å². The van der Waals surface area contributed by atoms with Gasteiger partial charge in [0.2, 0.25) is 5.91 Å². The fourth-order valence-electron chi connectivity index (χ4n) is 5.26. The minimum Gasteiger partial charge on any atom is -0.326 e. The summed E-state index contributed by atoms with van der Waals surface area (Å²) in [6.07, 6.45) is 6.58. The molecule has 0 aromatic heterocycles. The largest absolute Gasteiger partial charge is 0.326 e. The van der Waals surface area contributed by atoms with Gasteiger partial charge in [-0.1, -0.05) is 12.1 Å². The summed E-state index contributed by atoms with van der Waals surface area (Å²) < 4.78 is 0. The molecule has 21 heavy (non-hydrogen) atoms. The smallest absolute Gasteiger partial charge is 0.228 e. The molecule has 2 nitrogen and oxygen atoms in total. The molecule has 0 unspecified atom stereocenters. The second-order valence-electron chi connectivity index (χ2n) is 7.28. The number of nitrogens with one attached hydrogen (secondary N) is 1. The van der Waals surface area contributed by atoms with Gasteiger partial charge in [-0.15, -0.1) is 11.6 Å². The van der Waals surface area contributed by atoms with Crippen LogP contribution in [0.2, 0.25) is 0 Å². The molecule has 0 radical (unpaired) electrons. The van der Waals surface area contributed by atoms with Crippen molar-refractivity contribution in [3.63, 3.8) is 0 Å². The van der Waals surface area contributed by atoms with E-state index in [9.17, 15) is 4.79 Å². The first kappa shape index (κ1) is 13.6. The van der Waals surface area contributed by atoms with E-state index in [1.807, 2.05) is 24.3 Å². The van der Waals surface area contributed by atoms with E-state index in [0.717, 1.165) is 23.1 Å². The molecule has 0 spiro atoms. The number of hydrogen-bond donors (Lipinski definition) is 1. The van der Waals surface area contributed by atoms with E-state index in [2.05, 4.69) is 5.32 Å². The monoisotopic (exact) mass is 303 g/mol. The van der Waals surface area contributed by atoms with Crippen LogP contribution >= 0.6 is 11.6 Å². The van der Waals surface area contributed by atoms with Crippen molar-refractivity contribution in [1.82, 2.24) is 0 Å². The van der Waals surface area contributed by atoms with Crippen molar-refractivity contribution >= 4 is 23.2 Å². The molecule has 5 rings (SSSR count). The number of carbonyl (C=O) groups is 1. The predicted molar refractivity (Wildman–Crippen MR) is 85.2 cm³/mol. The predicted octanol–water partition coefficient (Wildman–Crippen LogP) is 4.44. The average molecular weight is 304 g/mol. The second kappa shape index (κ2) is 5.31. The molecule has 4 aliphatic carbocycles. The molecule has 4 saturated carbocycles. The molecule has 4 bridgehead atoms. The molecule has 0 saturated heterocycles. The Kier molecular flexibility index (Phi) is 3.45. The van der Waals surface area contributed by atoms with Gasteiger partial charge < -0.3 is 5.32 Å². The van der Waals surface area contributed by atoms with Crippen molar-refractivity contribution in [1.29, 1.82) is 0 Å². The van der Waals surface area contributed by atoms with E-state index in [4.69, 9.17) is 11.6 Å². The zero-order valence-corrected chi connectivity index (χ0v) is 13.0. The van der Waals surface area contributed by atoms with Gasteiger partial charge >= 0.3 is 0 Å². The average Bonchev–Trinajstić information content (AvgIpc) is 2.47. The number of carbonyl (C=O) groups excluding carboxylic acids is 1. The Morgan fingerprint density at radius 3 is 2.10 bits per heavy atom. The van der Waals surface area contributed by atoms with Crippen molar-refractivity contribution in [2.75, 3.05) is 5.32 Å². The highest BCUT2D eigenvalue weighted by molar-refractivity contribution is 6.17. The Morgan fingerprint density at radius 1 is 1.00 bits per heavy atom. The van der Waals surface area contributed by atoms with Gasteiger partial charge in [-0.2, -0.15) is 0 Å². The first-order chi connectivity index (χ1) is 10.2. The fourth-order valence-corrected chi connectivity index (χ4v) is 5.43. The summed E-state index contributed by atoms with van der Waals surface area (Å²) in [4.78, 5) is 12.7. The van der Waals surface area contributed by atoms with Gasteiger partial charge in [-0.05, 0) is 73.5 Å². The van der Waals surface area contributed by atoms with Crippen molar-refractivity contribution in [3.8, 4) is 0 Å². The van der Waals surface area contributed by atoms with Crippen LogP contribution in [0.1, 0.15) is 37.7 Å². The molecule has 3 heteroatoms. The quantitative estimate of drug-likeness (QED) is 0.822. The Hall–Kier alpha value is -1.02. The molecule has 1 N–H and O–H groups in total. The lowest BCUT2D eigenvalue weighted by atomic mass is 9.51. The van der Waals surface area contributed by atoms with E-state index in [0.29, 0.717) is 17.7 Å². The number of halogens is 1. The molecule has 4 aliphatic rings. The van der Waals surface area contributed by atoms with Crippen LogP contribution in [0.4, 0.5) is 5.69 Å². The normalized spacial score (nSPS) is 36.7. The number of rotatable bonds is 3. The first-order valence-corrected chi connectivity index (χ1v) is 8.72. The van der Waals surface area contributed by atoms with Gasteiger partial charge in [0.1, 0.15) is 0 Å². The van der Waals surface area contributed by atoms with Crippen LogP contribution < -0.4 is 5.32 Å². The van der Waals surface area contributed by atoms with Gasteiger partial charge in [0, 0.05) is 17.5 Å². The molecular weight excluding hydrogens is 282 g/mol. The highest BCUT2D eigenvalue weighted by atomic mass is 35.5. The topological polar surface area (TPSA) is 29.1 Å². The summed E-state index contributed by atoms with van der Waals surface area (Å²) in [6, 6.07) is 7.90. The third-order valence-corrected chi connectivity index (χ3v) is 6.21. The highest BCUT2D eigenvalue weighted by Crippen LogP contribution is 2.56. The SMILES string of the molecule is O=C(Nc1ccc(CCl)cc1)C1C2CC3CC(C2)CC1C3. The molecule has 112 valence electrons. The number of hydrogen-bond acceptors (Lipinski definition) is 1. The van der Waals surface area contributed by atoms with E-state index in [1.165, 1.54) is 32.1 Å². The Labute approximate surface area is 131 Å². The van der Waals surface area contributed by atoms with Crippen molar-refractivity contribution < 1.29 is 4.79 Å². The second-order valence-corrected chi connectivity index (χ2v) is 7.54. The van der Waals surface area contributed by atoms with Crippen LogP contribution in [-0.2, 0) is 10.7 Å². The number of alkyl halides is 1. The zero-order chi connectivity index (χ0) is 14.4. The van der Waals surface area contributed by atoms with E-state index < -0.39 is 0 Å². The maximum atomic E-state index is 12.7. The Morgan fingerprint density at radius 2 is 1.57 bits per heavy atom. The van der Waals surface area contributed by atoms with Crippen LogP contribution in [0.15, 0.2) is 24.3 Å². The minimum absolute atomic E-state index is 0.252. The van der Waals surface area contributed by atoms with E-state index in [1.54, 1.807) is 0 Å². The maximum absolute atomic E-state index is 12.7. The Bertz CT molecular complexity index is 511. The van der Waals surface area contributed by atoms with Crippen LogP contribution in [0, 0.1) is 29.6 Å². The van der Waals surface area contributed by atoms with Gasteiger partial charge in [0.15, 0.2) is 0 Å². The number of anilines is 1. The standard InChI is InChI=1S/C18H22ClNO/c19-10-11-1-3-16(4-2-11)20-18(21)17-14-6-12-5-13(8-14)9-15(17)7-12/h1-4,12-15,17H,5-10H2,(H,20,21). The molecule has 1 amide bonds. The van der Waals surface area contributed by atoms with E-state index >= 15 is 0 Å². The molecule has 4 fully saturated rings. The molecule has 0 aliphatic heterocycles. The highest BCUT2D eigenvalue weighted by Gasteiger charge is 2.50. The molecule has 1 aromatic rings. The van der Waals surface area contributed by atoms with Gasteiger partial charge in [-0.3, -0.25) is 4.79 Å². The van der Waals surface area contributed by atoms with Crippen molar-refractivity contribution in [2.24, 2.45) is 29.6 Å². The van der Waals surface area contributed by atoms with Gasteiger partial charge in [-0.25, -0.2) is 0 Å². The summed E-state index contributed by atoms with van der Waals surface area (Å²) in [5, 5.41) is 3.14. The lowest BCUT2D eigenvalue weighted by Gasteiger charge is -2.53. The summed E-state index contributed by atoms with van der Waals surface area (Å²) in [6.45, 7) is 0. The summed E-state index contributed by atoms with van der Waals surface area (Å²) in [5.41, 5.74) is 1.99. The lowest BCUT2D eigenvalue weighted by molar-refractivity contribution is -0.132. The molecular formula is C18H22ClNO. The van der Waals surface area contributed by atoms with Crippen LogP contribution in [0.25, 0.3) is 0 Å². The number of amides is 1. The fraction of sp³-hybridized carbons (Fsp3) is 0.611. The lowest BCUT2D eigenvalue weighted by Crippen LogP contribution is -2.49. The van der Waals surface area contributed by atoms with Crippen LogP contribution in [0.5, 0.6) is 0 Å². The Balaban J connectivity index is 1.47. The maximum Gasteiger partial charge on any atom is 0.228 e. The third-order valence-electron chi connectivity index (χ3n) is 5.91. The summed E-state index contributed by atoms with van der Waals surface area (Å²) in [5.74, 6) is 4.14. The van der Waals surface area contributed by atoms with Crippen molar-refractivity contribution in [2.45, 2.75) is 38.0 Å². The van der Waals surface area contributed by atoms with Gasteiger partial charge in [0.25, 0.3) is 0 Å². The molecule has 0 heterocycles. The first-order valence-electron chi connectivity index (χ1n) is 8.18. The zero-order valence-electron chi connectivity index (χ0n) is 12.2. The van der Waals surface area contributed by atoms with Gasteiger partial charge in [0.05, 0.1) is 0 Å². The molecule has 1 aromatic carbocycles. The van der Waals surface area contributed by atoms with E-state index in [-0.39, 0.29) is 11.8 Å². The summed E-state index contributed by atoms with van der Waals surface area (Å²) in [7, 11) is 0. The van der Waals surface area contributed by atoms with Crippen molar-refractivity contribution in [3.05, 3.63) is 29.8 Å². The van der Waals surface area contributed by atoms with Crippen LogP contribution in [0.3, 0.4) is 0 Å². The third kappa shape index (κ3) is 2.48. The number of benzene rings is 1. The molecule has 0 atom stereocenters. The summed E-state index contributed by atoms with van der Waals surface area (Å²) >= 11 is 5.80. The minimum atomic E-state index is 0.252.